The molecule has 0 radical (unpaired) electrons. The van der Waals surface area contributed by atoms with Crippen molar-refractivity contribution in [3.05, 3.63) is 28.2 Å². The van der Waals surface area contributed by atoms with E-state index in [2.05, 4.69) is 21.2 Å². The first kappa shape index (κ1) is 15.0. The third-order valence-electron chi connectivity index (χ3n) is 2.57. The normalized spacial score (nSPS) is 10.3. The van der Waals surface area contributed by atoms with Gasteiger partial charge in [0.2, 0.25) is 0 Å². The summed E-state index contributed by atoms with van der Waals surface area (Å²) in [4.78, 5) is 11.9. The monoisotopic (exact) mass is 314 g/mol. The first-order valence-corrected chi connectivity index (χ1v) is 6.76. The summed E-state index contributed by atoms with van der Waals surface area (Å²) in [7, 11) is 1.69. The largest absolute Gasteiger partial charge is 0.398 e. The molecule has 0 saturated carbocycles. The van der Waals surface area contributed by atoms with E-state index in [4.69, 9.17) is 10.5 Å². The van der Waals surface area contributed by atoms with Gasteiger partial charge in [0.25, 0.3) is 5.91 Å². The Morgan fingerprint density at radius 1 is 1.39 bits per heavy atom. The van der Waals surface area contributed by atoms with Gasteiger partial charge in [-0.3, -0.25) is 4.79 Å². The molecule has 0 fully saturated rings. The van der Waals surface area contributed by atoms with Crippen LogP contribution in [0.25, 0.3) is 0 Å². The van der Waals surface area contributed by atoms with Gasteiger partial charge in [0.15, 0.2) is 0 Å². The van der Waals surface area contributed by atoms with Gasteiger partial charge in [0.1, 0.15) is 0 Å². The molecule has 0 heterocycles. The van der Waals surface area contributed by atoms with Crippen LogP contribution >= 0.6 is 15.9 Å². The minimum absolute atomic E-state index is 0.124. The molecule has 100 valence electrons. The third-order valence-corrected chi connectivity index (χ3v) is 3.06. The van der Waals surface area contributed by atoms with E-state index in [1.165, 1.54) is 0 Å². The first-order valence-electron chi connectivity index (χ1n) is 5.97. The van der Waals surface area contributed by atoms with Gasteiger partial charge >= 0.3 is 0 Å². The zero-order chi connectivity index (χ0) is 13.4. The van der Waals surface area contributed by atoms with Crippen molar-refractivity contribution in [2.75, 3.05) is 26.0 Å². The Balaban J connectivity index is 2.34. The molecular weight excluding hydrogens is 296 g/mol. The minimum atomic E-state index is -0.124. The molecule has 0 atom stereocenters. The van der Waals surface area contributed by atoms with Crippen LogP contribution in [0.4, 0.5) is 5.69 Å². The molecule has 0 saturated heterocycles. The van der Waals surface area contributed by atoms with Crippen molar-refractivity contribution in [2.45, 2.75) is 19.3 Å². The van der Waals surface area contributed by atoms with Gasteiger partial charge in [0, 0.05) is 30.4 Å². The molecule has 1 aromatic carbocycles. The van der Waals surface area contributed by atoms with Crippen LogP contribution in [0.2, 0.25) is 0 Å². The molecule has 0 aromatic heterocycles. The topological polar surface area (TPSA) is 64.3 Å². The van der Waals surface area contributed by atoms with Crippen LogP contribution < -0.4 is 11.1 Å². The van der Waals surface area contributed by atoms with E-state index < -0.39 is 0 Å². The van der Waals surface area contributed by atoms with Crippen LogP contribution in [0.15, 0.2) is 22.7 Å². The molecule has 0 spiro atoms. The fourth-order valence-electron chi connectivity index (χ4n) is 1.57. The number of carbonyl (C=O) groups excluding carboxylic acids is 1. The summed E-state index contributed by atoms with van der Waals surface area (Å²) in [5.41, 5.74) is 6.77. The molecule has 1 amide bonds. The number of ether oxygens (including phenoxy) is 1. The summed E-state index contributed by atoms with van der Waals surface area (Å²) in [6, 6.07) is 5.27. The van der Waals surface area contributed by atoms with Crippen molar-refractivity contribution in [2.24, 2.45) is 0 Å². The molecule has 3 N–H and O–H groups in total. The fourth-order valence-corrected chi connectivity index (χ4v) is 1.93. The number of nitrogen functional groups attached to an aromatic ring is 1. The SMILES string of the molecule is COCCCCCNC(=O)c1cc(Br)ccc1N. The number of halogens is 1. The lowest BCUT2D eigenvalue weighted by Gasteiger charge is -2.08. The number of hydrogen-bond acceptors (Lipinski definition) is 3. The highest BCUT2D eigenvalue weighted by Crippen LogP contribution is 2.18. The van der Waals surface area contributed by atoms with E-state index in [-0.39, 0.29) is 5.91 Å². The van der Waals surface area contributed by atoms with Crippen molar-refractivity contribution < 1.29 is 9.53 Å². The second kappa shape index (κ2) is 8.11. The Morgan fingerprint density at radius 3 is 2.89 bits per heavy atom. The summed E-state index contributed by atoms with van der Waals surface area (Å²) in [6.07, 6.45) is 3.01. The van der Waals surface area contributed by atoms with Crippen molar-refractivity contribution in [3.8, 4) is 0 Å². The lowest BCUT2D eigenvalue weighted by atomic mass is 10.1. The average Bonchev–Trinajstić information content (AvgIpc) is 2.36. The predicted octanol–water partition coefficient (Wildman–Crippen LogP) is 2.58. The second-order valence-electron chi connectivity index (χ2n) is 4.04. The Bertz CT molecular complexity index is 397. The first-order chi connectivity index (χ1) is 8.65. The maximum absolute atomic E-state index is 11.9. The van der Waals surface area contributed by atoms with Gasteiger partial charge < -0.3 is 15.8 Å². The predicted molar refractivity (Wildman–Crippen MR) is 76.6 cm³/mol. The number of rotatable bonds is 7. The smallest absolute Gasteiger partial charge is 0.253 e. The number of carbonyl (C=O) groups is 1. The highest BCUT2D eigenvalue weighted by atomic mass is 79.9. The van der Waals surface area contributed by atoms with Gasteiger partial charge in [0.05, 0.1) is 5.56 Å². The Kier molecular flexibility index (Phi) is 6.75. The summed E-state index contributed by atoms with van der Waals surface area (Å²) >= 11 is 3.33. The number of methoxy groups -OCH3 is 1. The number of nitrogens with one attached hydrogen (secondary N) is 1. The second-order valence-corrected chi connectivity index (χ2v) is 4.96. The quantitative estimate of drug-likeness (QED) is 0.600. The van der Waals surface area contributed by atoms with Crippen molar-refractivity contribution >= 4 is 27.5 Å². The van der Waals surface area contributed by atoms with E-state index in [0.717, 1.165) is 30.3 Å². The van der Waals surface area contributed by atoms with E-state index in [9.17, 15) is 4.79 Å². The molecule has 1 rings (SSSR count). The van der Waals surface area contributed by atoms with Crippen molar-refractivity contribution in [1.29, 1.82) is 0 Å². The molecular formula is C13H19BrN2O2. The van der Waals surface area contributed by atoms with E-state index in [1.54, 1.807) is 19.2 Å². The molecule has 0 aliphatic heterocycles. The molecule has 0 aliphatic rings. The minimum Gasteiger partial charge on any atom is -0.398 e. The molecule has 18 heavy (non-hydrogen) atoms. The van der Waals surface area contributed by atoms with Gasteiger partial charge in [-0.2, -0.15) is 0 Å². The summed E-state index contributed by atoms with van der Waals surface area (Å²) in [5.74, 6) is -0.124. The Hall–Kier alpha value is -1.07. The van der Waals surface area contributed by atoms with Crippen LogP contribution in [0, 0.1) is 0 Å². The summed E-state index contributed by atoms with van der Waals surface area (Å²) in [5, 5.41) is 2.86. The number of hydrogen-bond donors (Lipinski definition) is 2. The van der Waals surface area contributed by atoms with E-state index in [0.29, 0.717) is 17.8 Å². The summed E-state index contributed by atoms with van der Waals surface area (Å²) in [6.45, 7) is 1.43. The molecule has 0 unspecified atom stereocenters. The zero-order valence-corrected chi connectivity index (χ0v) is 12.1. The standard InChI is InChI=1S/C13H19BrN2O2/c1-18-8-4-2-3-7-16-13(17)11-9-10(14)5-6-12(11)15/h5-6,9H,2-4,7-8,15H2,1H3,(H,16,17). The van der Waals surface area contributed by atoms with E-state index >= 15 is 0 Å². The maximum atomic E-state index is 11.9. The number of nitrogens with two attached hydrogens (primary N) is 1. The van der Waals surface area contributed by atoms with Gasteiger partial charge in [-0.05, 0) is 37.5 Å². The number of unbranched alkanes of at least 4 members (excludes halogenated alkanes) is 2. The number of anilines is 1. The van der Waals surface area contributed by atoms with Crippen molar-refractivity contribution in [3.63, 3.8) is 0 Å². The van der Waals surface area contributed by atoms with Gasteiger partial charge in [-0.1, -0.05) is 15.9 Å². The van der Waals surface area contributed by atoms with E-state index in [1.807, 2.05) is 6.07 Å². The summed E-state index contributed by atoms with van der Waals surface area (Å²) < 4.78 is 5.81. The van der Waals surface area contributed by atoms with Crippen LogP contribution in [-0.4, -0.2) is 26.2 Å². The van der Waals surface area contributed by atoms with Crippen LogP contribution in [0.1, 0.15) is 29.6 Å². The fraction of sp³-hybridized carbons (Fsp3) is 0.462. The zero-order valence-electron chi connectivity index (χ0n) is 10.5. The van der Waals surface area contributed by atoms with Crippen LogP contribution in [0.3, 0.4) is 0 Å². The van der Waals surface area contributed by atoms with Gasteiger partial charge in [-0.15, -0.1) is 0 Å². The Morgan fingerprint density at radius 2 is 2.17 bits per heavy atom. The highest BCUT2D eigenvalue weighted by Gasteiger charge is 2.09. The van der Waals surface area contributed by atoms with Crippen molar-refractivity contribution in [1.82, 2.24) is 5.32 Å². The van der Waals surface area contributed by atoms with Crippen LogP contribution in [0.5, 0.6) is 0 Å². The lowest BCUT2D eigenvalue weighted by molar-refractivity contribution is 0.0953. The molecule has 4 nitrogen and oxygen atoms in total. The average molecular weight is 315 g/mol. The molecule has 0 bridgehead atoms. The molecule has 5 heteroatoms. The Labute approximate surface area is 116 Å². The van der Waals surface area contributed by atoms with Gasteiger partial charge in [-0.25, -0.2) is 0 Å². The van der Waals surface area contributed by atoms with Crippen LogP contribution in [-0.2, 0) is 4.74 Å². The highest BCUT2D eigenvalue weighted by molar-refractivity contribution is 9.10. The number of benzene rings is 1. The maximum Gasteiger partial charge on any atom is 0.253 e. The third kappa shape index (κ3) is 5.06. The number of amides is 1. The molecule has 0 aliphatic carbocycles. The lowest BCUT2D eigenvalue weighted by Crippen LogP contribution is -2.25. The molecule has 1 aromatic rings.